The molecule has 0 aliphatic carbocycles. The zero-order valence-corrected chi connectivity index (χ0v) is 12.8. The molecule has 116 valence electrons. The van der Waals surface area contributed by atoms with Crippen molar-refractivity contribution < 1.29 is 24.2 Å². The van der Waals surface area contributed by atoms with Gasteiger partial charge in [0.25, 0.3) is 5.22 Å². The van der Waals surface area contributed by atoms with E-state index in [0.717, 1.165) is 11.8 Å². The van der Waals surface area contributed by atoms with Gasteiger partial charge in [0.05, 0.1) is 7.11 Å². The van der Waals surface area contributed by atoms with E-state index >= 15 is 0 Å². The third kappa shape index (κ3) is 3.79. The van der Waals surface area contributed by atoms with E-state index in [1.54, 1.807) is 6.07 Å². The Morgan fingerprint density at radius 3 is 2.82 bits per heavy atom. The van der Waals surface area contributed by atoms with Crippen molar-refractivity contribution in [3.8, 4) is 11.5 Å². The molecule has 0 saturated carbocycles. The van der Waals surface area contributed by atoms with Gasteiger partial charge in [0.2, 0.25) is 5.89 Å². The number of hydrogen-bond acceptors (Lipinski definition) is 7. The Hall–Kier alpha value is -2.48. The summed E-state index contributed by atoms with van der Waals surface area (Å²) in [5.41, 5.74) is 0.565. The van der Waals surface area contributed by atoms with Gasteiger partial charge in [0, 0.05) is 6.42 Å². The fourth-order valence-corrected chi connectivity index (χ4v) is 2.28. The van der Waals surface area contributed by atoms with Crippen LogP contribution in [0.15, 0.2) is 32.7 Å². The molecule has 0 saturated heterocycles. The average molecular weight is 322 g/mol. The molecule has 8 heteroatoms. The van der Waals surface area contributed by atoms with Crippen molar-refractivity contribution in [2.75, 3.05) is 7.11 Å². The first kappa shape index (κ1) is 15.9. The molecular weight excluding hydrogens is 308 g/mol. The summed E-state index contributed by atoms with van der Waals surface area (Å²) in [6.07, 6.45) is 2.01. The number of aromatic nitrogens is 2. The molecule has 1 aromatic carbocycles. The number of carboxylic acid groups (broad SMARTS) is 1. The number of phenolic OH excluding ortho intramolecular Hbond substituents is 1. The van der Waals surface area contributed by atoms with Crippen LogP contribution in [0.2, 0.25) is 0 Å². The van der Waals surface area contributed by atoms with Crippen LogP contribution in [-0.4, -0.2) is 33.5 Å². The lowest BCUT2D eigenvalue weighted by molar-refractivity contribution is -0.131. The quantitative estimate of drug-likeness (QED) is 0.617. The molecule has 2 rings (SSSR count). The van der Waals surface area contributed by atoms with Crippen LogP contribution in [0, 0.1) is 0 Å². The second kappa shape index (κ2) is 6.99. The SMILES string of the molecule is CCc1nnc(S/C(=C\c2ccc(O)c(OC)c2)C(=O)O)o1. The van der Waals surface area contributed by atoms with Gasteiger partial charge >= 0.3 is 5.97 Å². The van der Waals surface area contributed by atoms with Crippen molar-refractivity contribution in [1.29, 1.82) is 0 Å². The maximum absolute atomic E-state index is 11.3. The summed E-state index contributed by atoms with van der Waals surface area (Å²) in [6, 6.07) is 4.54. The van der Waals surface area contributed by atoms with Crippen LogP contribution in [-0.2, 0) is 11.2 Å². The number of benzene rings is 1. The highest BCUT2D eigenvalue weighted by Crippen LogP contribution is 2.31. The number of aromatic hydroxyl groups is 1. The van der Waals surface area contributed by atoms with Crippen LogP contribution < -0.4 is 4.74 Å². The number of aliphatic carboxylic acids is 1. The molecule has 0 unspecified atom stereocenters. The zero-order chi connectivity index (χ0) is 16.1. The fraction of sp³-hybridized carbons (Fsp3) is 0.214. The van der Waals surface area contributed by atoms with E-state index < -0.39 is 5.97 Å². The van der Waals surface area contributed by atoms with E-state index in [-0.39, 0.29) is 21.6 Å². The second-order valence-corrected chi connectivity index (χ2v) is 5.16. The van der Waals surface area contributed by atoms with Crippen molar-refractivity contribution in [3.05, 3.63) is 34.6 Å². The molecule has 0 bridgehead atoms. The number of hydrogen-bond donors (Lipinski definition) is 2. The topological polar surface area (TPSA) is 106 Å². The first-order chi connectivity index (χ1) is 10.5. The average Bonchev–Trinajstić information content (AvgIpc) is 2.96. The monoisotopic (exact) mass is 322 g/mol. The van der Waals surface area contributed by atoms with Crippen molar-refractivity contribution in [2.45, 2.75) is 18.6 Å². The summed E-state index contributed by atoms with van der Waals surface area (Å²) in [5, 5.41) is 26.5. The number of thioether (sulfide) groups is 1. The Balaban J connectivity index is 2.28. The summed E-state index contributed by atoms with van der Waals surface area (Å²) >= 11 is 0.863. The lowest BCUT2D eigenvalue weighted by Crippen LogP contribution is -1.97. The fourth-order valence-electron chi connectivity index (χ4n) is 1.59. The van der Waals surface area contributed by atoms with Crippen molar-refractivity contribution in [3.63, 3.8) is 0 Å². The molecule has 1 aromatic heterocycles. The van der Waals surface area contributed by atoms with Crippen LogP contribution in [0.5, 0.6) is 11.5 Å². The molecule has 22 heavy (non-hydrogen) atoms. The Bertz CT molecular complexity index is 711. The molecular formula is C14H14N2O5S. The molecule has 2 aromatic rings. The standard InChI is InChI=1S/C14H14N2O5S/c1-3-12-15-16-14(21-12)22-11(13(18)19)7-8-4-5-9(17)10(6-8)20-2/h4-7,17H,3H2,1-2H3,(H,18,19)/b11-7-. The maximum Gasteiger partial charge on any atom is 0.342 e. The number of carbonyl (C=O) groups is 1. The summed E-state index contributed by atoms with van der Waals surface area (Å²) in [6.45, 7) is 1.86. The summed E-state index contributed by atoms with van der Waals surface area (Å²) in [4.78, 5) is 11.4. The van der Waals surface area contributed by atoms with E-state index in [1.165, 1.54) is 25.3 Å². The molecule has 0 amide bonds. The van der Waals surface area contributed by atoms with Crippen molar-refractivity contribution >= 4 is 23.8 Å². The predicted molar refractivity (Wildman–Crippen MR) is 79.8 cm³/mol. The molecule has 0 atom stereocenters. The molecule has 7 nitrogen and oxygen atoms in total. The van der Waals surface area contributed by atoms with Crippen molar-refractivity contribution in [1.82, 2.24) is 10.2 Å². The van der Waals surface area contributed by atoms with E-state index in [2.05, 4.69) is 10.2 Å². The van der Waals surface area contributed by atoms with Gasteiger partial charge in [-0.25, -0.2) is 4.79 Å². The lowest BCUT2D eigenvalue weighted by atomic mass is 10.2. The minimum Gasteiger partial charge on any atom is -0.504 e. The number of phenols is 1. The zero-order valence-electron chi connectivity index (χ0n) is 11.9. The van der Waals surface area contributed by atoms with E-state index in [1.807, 2.05) is 6.92 Å². The minimum atomic E-state index is -1.12. The van der Waals surface area contributed by atoms with Crippen LogP contribution in [0.25, 0.3) is 6.08 Å². The number of ether oxygens (including phenoxy) is 1. The predicted octanol–water partition coefficient (Wildman–Crippen LogP) is 2.56. The molecule has 0 aliphatic heterocycles. The van der Waals surface area contributed by atoms with Gasteiger partial charge in [-0.2, -0.15) is 0 Å². The molecule has 0 spiro atoms. The van der Waals surface area contributed by atoms with Crippen LogP contribution in [0.1, 0.15) is 18.4 Å². The molecule has 0 aliphatic rings. The Labute approximate surface area is 130 Å². The number of aryl methyl sites for hydroxylation is 1. The highest BCUT2D eigenvalue weighted by Gasteiger charge is 2.15. The van der Waals surface area contributed by atoms with Crippen LogP contribution in [0.4, 0.5) is 0 Å². The number of nitrogens with zero attached hydrogens (tertiary/aromatic N) is 2. The molecule has 1 heterocycles. The largest absolute Gasteiger partial charge is 0.504 e. The Morgan fingerprint density at radius 1 is 1.45 bits per heavy atom. The Kier molecular flexibility index (Phi) is 5.05. The van der Waals surface area contributed by atoms with Gasteiger partial charge in [-0.1, -0.05) is 13.0 Å². The van der Waals surface area contributed by atoms with Gasteiger partial charge in [0.1, 0.15) is 4.91 Å². The van der Waals surface area contributed by atoms with Crippen LogP contribution in [0.3, 0.4) is 0 Å². The van der Waals surface area contributed by atoms with Crippen LogP contribution >= 0.6 is 11.8 Å². The van der Waals surface area contributed by atoms with Gasteiger partial charge < -0.3 is 19.4 Å². The van der Waals surface area contributed by atoms with Gasteiger partial charge in [-0.15, -0.1) is 10.2 Å². The highest BCUT2D eigenvalue weighted by atomic mass is 32.2. The van der Waals surface area contributed by atoms with E-state index in [9.17, 15) is 15.0 Å². The first-order valence-corrected chi connectivity index (χ1v) is 7.17. The van der Waals surface area contributed by atoms with E-state index in [4.69, 9.17) is 9.15 Å². The Morgan fingerprint density at radius 2 is 2.23 bits per heavy atom. The van der Waals surface area contributed by atoms with Crippen molar-refractivity contribution in [2.24, 2.45) is 0 Å². The number of carboxylic acids is 1. The summed E-state index contributed by atoms with van der Waals surface area (Å²) < 4.78 is 10.3. The van der Waals surface area contributed by atoms with E-state index in [0.29, 0.717) is 17.9 Å². The molecule has 2 N–H and O–H groups in total. The van der Waals surface area contributed by atoms with Gasteiger partial charge in [0.15, 0.2) is 11.5 Å². The first-order valence-electron chi connectivity index (χ1n) is 6.35. The highest BCUT2D eigenvalue weighted by molar-refractivity contribution is 8.03. The third-order valence-electron chi connectivity index (χ3n) is 2.66. The maximum atomic E-state index is 11.3. The minimum absolute atomic E-state index is 0.0130. The van der Waals surface area contributed by atoms with Gasteiger partial charge in [-0.3, -0.25) is 0 Å². The molecule has 0 fully saturated rings. The lowest BCUT2D eigenvalue weighted by Gasteiger charge is -2.04. The summed E-state index contributed by atoms with van der Waals surface area (Å²) in [7, 11) is 1.42. The number of methoxy groups -OCH3 is 1. The normalized spacial score (nSPS) is 11.5. The second-order valence-electron chi connectivity index (χ2n) is 4.16. The number of rotatable bonds is 6. The van der Waals surface area contributed by atoms with Gasteiger partial charge in [-0.05, 0) is 35.5 Å². The molecule has 0 radical (unpaired) electrons. The smallest absolute Gasteiger partial charge is 0.342 e. The third-order valence-corrected chi connectivity index (χ3v) is 3.51. The summed E-state index contributed by atoms with van der Waals surface area (Å²) in [5.74, 6) is -0.435.